The molecule has 2 aliphatic heterocycles. The minimum atomic E-state index is 0.649. The summed E-state index contributed by atoms with van der Waals surface area (Å²) in [6.45, 7) is 4.55. The van der Waals surface area contributed by atoms with Crippen LogP contribution in [0, 0.1) is 0 Å². The number of hydrogen-bond donors (Lipinski definition) is 2. The summed E-state index contributed by atoms with van der Waals surface area (Å²) in [5, 5.41) is 0. The Kier molecular flexibility index (Phi) is 16.5. The molecule has 6 nitrogen and oxygen atoms in total. The topological polar surface area (TPSA) is 91.5 Å². The van der Waals surface area contributed by atoms with Crippen LogP contribution in [0.15, 0.2) is 72.8 Å². The maximum atomic E-state index is 11.7. The SMILES string of the molecule is CCCCCCCCCCCc1c2nc(c(-c3ccc(C=O)cc3)c3ccc([nH]3)c(CCCCCCCCCCC)c3ccc([nH]3)c(-c3ccc(C=O)cc3)c3nc1C=C3)C=C2. The molecular weight excluding hydrogens is 761 g/mol. The van der Waals surface area contributed by atoms with Crippen molar-refractivity contribution >= 4 is 58.9 Å². The lowest BCUT2D eigenvalue weighted by Gasteiger charge is -2.07. The van der Waals surface area contributed by atoms with Gasteiger partial charge in [-0.25, -0.2) is 9.97 Å². The molecule has 0 saturated heterocycles. The Hall–Kier alpha value is -5.62. The number of nitrogens with one attached hydrogen (secondary N) is 2. The van der Waals surface area contributed by atoms with Crippen molar-refractivity contribution in [2.75, 3.05) is 0 Å². The third-order valence-electron chi connectivity index (χ3n) is 12.7. The van der Waals surface area contributed by atoms with Crippen molar-refractivity contribution in [1.29, 1.82) is 0 Å². The Bertz CT molecular complexity index is 2330. The van der Waals surface area contributed by atoms with Gasteiger partial charge < -0.3 is 9.97 Å². The summed E-state index contributed by atoms with van der Waals surface area (Å²) in [5.74, 6) is 0. The first-order valence-electron chi connectivity index (χ1n) is 23.8. The molecule has 2 aromatic carbocycles. The van der Waals surface area contributed by atoms with Crippen molar-refractivity contribution in [1.82, 2.24) is 19.9 Å². The van der Waals surface area contributed by atoms with Crippen LogP contribution in [0.3, 0.4) is 0 Å². The lowest BCUT2D eigenvalue weighted by Crippen LogP contribution is -1.96. The summed E-state index contributed by atoms with van der Waals surface area (Å²) in [4.78, 5) is 42.0. The molecule has 6 heteroatoms. The number of aryl methyl sites for hydroxylation is 1. The van der Waals surface area contributed by atoms with Gasteiger partial charge >= 0.3 is 0 Å². The van der Waals surface area contributed by atoms with Crippen molar-refractivity contribution in [2.24, 2.45) is 0 Å². The largest absolute Gasteiger partial charge is 0.355 e. The third-order valence-corrected chi connectivity index (χ3v) is 12.7. The van der Waals surface area contributed by atoms with Crippen LogP contribution in [0.1, 0.15) is 184 Å². The van der Waals surface area contributed by atoms with Crippen molar-refractivity contribution in [2.45, 2.75) is 142 Å². The molecule has 5 aromatic rings. The van der Waals surface area contributed by atoms with Crippen LogP contribution in [0.25, 0.3) is 68.6 Å². The molecule has 5 heterocycles. The molecule has 2 aliphatic rings. The summed E-state index contributed by atoms with van der Waals surface area (Å²) < 4.78 is 0. The van der Waals surface area contributed by atoms with Gasteiger partial charge in [0.2, 0.25) is 0 Å². The molecule has 0 atom stereocenters. The van der Waals surface area contributed by atoms with E-state index >= 15 is 0 Å². The average molecular weight is 827 g/mol. The van der Waals surface area contributed by atoms with Crippen LogP contribution >= 0.6 is 0 Å². The average Bonchev–Trinajstić information content (AvgIpc) is 4.16. The zero-order valence-corrected chi connectivity index (χ0v) is 37.2. The second kappa shape index (κ2) is 23.0. The number of aldehydes is 2. The molecule has 8 bridgehead atoms. The Morgan fingerprint density at radius 3 is 1.11 bits per heavy atom. The number of hydrogen-bond acceptors (Lipinski definition) is 4. The quantitative estimate of drug-likeness (QED) is 0.0469. The van der Waals surface area contributed by atoms with E-state index in [1.165, 1.54) is 108 Å². The standard InChI is InChI=1S/C56H66N4O2/c1-3-5-7-9-11-13-15-17-19-21-45-47-31-35-51(57-47)55(43-27-23-41(39-61)24-28-43)53-37-33-49(59-53)46(22-20-18-16-14-12-10-8-6-4-2)50-34-38-54(60-50)56(52-36-32-48(45)58-52)44-29-25-42(40-62)26-30-44/h23-40,57-58H,3-22H2,1-2H3. The number of nitrogens with zero attached hydrogens (tertiary/aromatic N) is 2. The first kappa shape index (κ1) is 44.4. The maximum Gasteiger partial charge on any atom is 0.150 e. The van der Waals surface area contributed by atoms with Crippen LogP contribution < -0.4 is 0 Å². The zero-order chi connectivity index (χ0) is 42.9. The molecule has 0 unspecified atom stereocenters. The Morgan fingerprint density at radius 1 is 0.387 bits per heavy atom. The fraction of sp³-hybridized carbons (Fsp3) is 0.393. The van der Waals surface area contributed by atoms with E-state index in [0.717, 1.165) is 111 Å². The maximum absolute atomic E-state index is 11.7. The number of carbonyl (C=O) groups is 2. The zero-order valence-electron chi connectivity index (χ0n) is 37.2. The molecule has 0 saturated carbocycles. The van der Waals surface area contributed by atoms with Gasteiger partial charge in [-0.1, -0.05) is 165 Å². The van der Waals surface area contributed by atoms with Crippen LogP contribution in [-0.4, -0.2) is 32.5 Å². The van der Waals surface area contributed by atoms with E-state index in [1.807, 2.05) is 48.5 Å². The van der Waals surface area contributed by atoms with Gasteiger partial charge in [0.25, 0.3) is 0 Å². The molecule has 322 valence electrons. The highest BCUT2D eigenvalue weighted by Crippen LogP contribution is 2.35. The van der Waals surface area contributed by atoms with E-state index in [0.29, 0.717) is 11.1 Å². The number of benzene rings is 2. The second-order valence-electron chi connectivity index (χ2n) is 17.3. The van der Waals surface area contributed by atoms with Gasteiger partial charge in [0.05, 0.1) is 22.8 Å². The molecule has 62 heavy (non-hydrogen) atoms. The molecular formula is C56H66N4O2. The van der Waals surface area contributed by atoms with Gasteiger partial charge in [-0.05, 0) is 90.9 Å². The van der Waals surface area contributed by atoms with E-state index in [2.05, 4.69) is 72.4 Å². The number of aromatic nitrogens is 4. The number of H-pyrrole nitrogens is 2. The molecule has 0 amide bonds. The second-order valence-corrected chi connectivity index (χ2v) is 17.3. The smallest absolute Gasteiger partial charge is 0.150 e. The van der Waals surface area contributed by atoms with Crippen molar-refractivity contribution in [3.8, 4) is 22.3 Å². The van der Waals surface area contributed by atoms with Gasteiger partial charge in [-0.3, -0.25) is 9.59 Å². The number of fused-ring (bicyclic) bond motifs is 8. The van der Waals surface area contributed by atoms with E-state index < -0.39 is 0 Å². The van der Waals surface area contributed by atoms with Gasteiger partial charge in [0, 0.05) is 49.9 Å². The van der Waals surface area contributed by atoms with E-state index in [4.69, 9.17) is 9.97 Å². The van der Waals surface area contributed by atoms with Gasteiger partial charge in [-0.2, -0.15) is 0 Å². The van der Waals surface area contributed by atoms with Gasteiger partial charge in [0.1, 0.15) is 12.6 Å². The summed E-state index contributed by atoms with van der Waals surface area (Å²) in [5.41, 5.74) is 15.5. The Morgan fingerprint density at radius 2 is 0.726 bits per heavy atom. The van der Waals surface area contributed by atoms with Crippen LogP contribution in [0.2, 0.25) is 0 Å². The molecule has 2 N–H and O–H groups in total. The van der Waals surface area contributed by atoms with Gasteiger partial charge in [0.15, 0.2) is 0 Å². The van der Waals surface area contributed by atoms with Crippen LogP contribution in [-0.2, 0) is 12.8 Å². The minimum absolute atomic E-state index is 0.649. The lowest BCUT2D eigenvalue weighted by atomic mass is 10.0. The molecule has 0 fully saturated rings. The fourth-order valence-electron chi connectivity index (χ4n) is 9.14. The molecule has 0 spiro atoms. The van der Waals surface area contributed by atoms with E-state index in [-0.39, 0.29) is 0 Å². The molecule has 0 aliphatic carbocycles. The first-order chi connectivity index (χ1) is 30.6. The molecule has 3 aromatic heterocycles. The first-order valence-corrected chi connectivity index (χ1v) is 23.8. The summed E-state index contributed by atoms with van der Waals surface area (Å²) in [6, 6.07) is 24.5. The van der Waals surface area contributed by atoms with Crippen molar-refractivity contribution < 1.29 is 9.59 Å². The van der Waals surface area contributed by atoms with Crippen LogP contribution in [0.4, 0.5) is 0 Å². The van der Waals surface area contributed by atoms with E-state index in [9.17, 15) is 9.59 Å². The summed E-state index contributed by atoms with van der Waals surface area (Å²) in [7, 11) is 0. The number of carbonyl (C=O) groups excluding carboxylic acids is 2. The van der Waals surface area contributed by atoms with Crippen molar-refractivity contribution in [3.63, 3.8) is 0 Å². The number of aromatic amines is 2. The minimum Gasteiger partial charge on any atom is -0.355 e. The normalized spacial score (nSPS) is 12.0. The van der Waals surface area contributed by atoms with Crippen LogP contribution in [0.5, 0.6) is 0 Å². The molecule has 0 radical (unpaired) electrons. The predicted molar refractivity (Wildman–Crippen MR) is 262 cm³/mol. The van der Waals surface area contributed by atoms with Crippen molar-refractivity contribution in [3.05, 3.63) is 118 Å². The lowest BCUT2D eigenvalue weighted by molar-refractivity contribution is 0.111. The Labute approximate surface area is 369 Å². The summed E-state index contributed by atoms with van der Waals surface area (Å²) >= 11 is 0. The highest BCUT2D eigenvalue weighted by molar-refractivity contribution is 5.95. The highest BCUT2D eigenvalue weighted by atomic mass is 16.1. The predicted octanol–water partition coefficient (Wildman–Crippen LogP) is 15.8. The Balaban J connectivity index is 1.36. The number of unbranched alkanes of at least 4 members (excludes halogenated alkanes) is 16. The molecule has 7 rings (SSSR count). The highest BCUT2D eigenvalue weighted by Gasteiger charge is 2.18. The van der Waals surface area contributed by atoms with E-state index in [1.54, 1.807) is 0 Å². The third kappa shape index (κ3) is 11.4. The summed E-state index contributed by atoms with van der Waals surface area (Å²) in [6.07, 6.45) is 35.1. The number of rotatable bonds is 24. The monoisotopic (exact) mass is 827 g/mol. The van der Waals surface area contributed by atoms with Gasteiger partial charge in [-0.15, -0.1) is 0 Å². The fourth-order valence-corrected chi connectivity index (χ4v) is 9.14.